The standard InChI is InChI=1S/C26H33N5O2/c1-4-27-26(31-13-12-22(18-31)23-16-29-30(2)17-23)28-15-21-10-11-24(25(14-21)32-3)33-19-20-8-6-5-7-9-20/h5-11,14,16-17,22H,4,12-13,15,18-19H2,1-3H3,(H,27,28). The summed E-state index contributed by atoms with van der Waals surface area (Å²) in [7, 11) is 3.64. The van der Waals surface area contributed by atoms with Crippen LogP contribution in [0.15, 0.2) is 65.9 Å². The Bertz CT molecular complexity index is 1060. The number of hydrogen-bond acceptors (Lipinski definition) is 4. The molecule has 1 saturated heterocycles. The van der Waals surface area contributed by atoms with Crippen molar-refractivity contribution in [1.29, 1.82) is 0 Å². The highest BCUT2D eigenvalue weighted by Gasteiger charge is 2.26. The number of benzene rings is 2. The minimum atomic E-state index is 0.490. The van der Waals surface area contributed by atoms with Gasteiger partial charge in [-0.3, -0.25) is 4.68 Å². The summed E-state index contributed by atoms with van der Waals surface area (Å²) in [6, 6.07) is 16.2. The van der Waals surface area contributed by atoms with Gasteiger partial charge < -0.3 is 19.7 Å². The Hall–Kier alpha value is -3.48. The highest BCUT2D eigenvalue weighted by molar-refractivity contribution is 5.80. The molecule has 1 fully saturated rings. The van der Waals surface area contributed by atoms with E-state index in [0.717, 1.165) is 54.6 Å². The molecule has 4 rings (SSSR count). The highest BCUT2D eigenvalue weighted by atomic mass is 16.5. The van der Waals surface area contributed by atoms with Crippen LogP contribution in [-0.4, -0.2) is 47.4 Å². The van der Waals surface area contributed by atoms with Crippen molar-refractivity contribution in [1.82, 2.24) is 20.0 Å². The Morgan fingerprint density at radius 3 is 2.73 bits per heavy atom. The number of likely N-dealkylation sites (tertiary alicyclic amines) is 1. The molecule has 7 nitrogen and oxygen atoms in total. The molecule has 0 radical (unpaired) electrons. The molecule has 0 amide bonds. The van der Waals surface area contributed by atoms with E-state index in [0.29, 0.717) is 19.1 Å². The first-order valence-corrected chi connectivity index (χ1v) is 11.5. The van der Waals surface area contributed by atoms with Crippen molar-refractivity contribution < 1.29 is 9.47 Å². The summed E-state index contributed by atoms with van der Waals surface area (Å²) in [6.07, 6.45) is 5.20. The summed E-state index contributed by atoms with van der Waals surface area (Å²) >= 11 is 0. The number of aromatic nitrogens is 2. The second-order valence-corrected chi connectivity index (χ2v) is 8.31. The van der Waals surface area contributed by atoms with E-state index < -0.39 is 0 Å². The van der Waals surface area contributed by atoms with Gasteiger partial charge in [0.05, 0.1) is 19.9 Å². The summed E-state index contributed by atoms with van der Waals surface area (Å²) < 4.78 is 13.4. The zero-order valence-corrected chi connectivity index (χ0v) is 19.7. The molecular formula is C26H33N5O2. The molecule has 1 aliphatic rings. The second kappa shape index (κ2) is 10.9. The fraction of sp³-hybridized carbons (Fsp3) is 0.385. The number of nitrogens with one attached hydrogen (secondary N) is 1. The van der Waals surface area contributed by atoms with Crippen LogP contribution >= 0.6 is 0 Å². The highest BCUT2D eigenvalue weighted by Crippen LogP contribution is 2.30. The van der Waals surface area contributed by atoms with Gasteiger partial charge in [-0.05, 0) is 42.2 Å². The quantitative estimate of drug-likeness (QED) is 0.418. The monoisotopic (exact) mass is 447 g/mol. The molecule has 1 unspecified atom stereocenters. The van der Waals surface area contributed by atoms with Crippen molar-refractivity contribution in [2.75, 3.05) is 26.7 Å². The molecule has 1 aromatic heterocycles. The molecule has 2 aromatic carbocycles. The van der Waals surface area contributed by atoms with Gasteiger partial charge in [0.2, 0.25) is 0 Å². The molecule has 1 atom stereocenters. The predicted octanol–water partition coefficient (Wildman–Crippen LogP) is 3.96. The summed E-state index contributed by atoms with van der Waals surface area (Å²) in [4.78, 5) is 7.25. The second-order valence-electron chi connectivity index (χ2n) is 8.31. The third-order valence-electron chi connectivity index (χ3n) is 5.90. The molecule has 0 spiro atoms. The van der Waals surface area contributed by atoms with Crippen molar-refractivity contribution in [3.63, 3.8) is 0 Å². The summed E-state index contributed by atoms with van der Waals surface area (Å²) in [5.41, 5.74) is 3.50. The van der Waals surface area contributed by atoms with Crippen LogP contribution in [-0.2, 0) is 20.2 Å². The molecule has 0 saturated carbocycles. The third-order valence-corrected chi connectivity index (χ3v) is 5.90. The number of guanidine groups is 1. The van der Waals surface area contributed by atoms with Gasteiger partial charge in [0.25, 0.3) is 0 Å². The van der Waals surface area contributed by atoms with Gasteiger partial charge in [-0.15, -0.1) is 0 Å². The zero-order valence-electron chi connectivity index (χ0n) is 19.7. The first-order valence-electron chi connectivity index (χ1n) is 11.5. The molecule has 7 heteroatoms. The SMILES string of the molecule is CCNC(=NCc1ccc(OCc2ccccc2)c(OC)c1)N1CCC(c2cnn(C)c2)C1. The van der Waals surface area contributed by atoms with Crippen LogP contribution in [0.4, 0.5) is 0 Å². The lowest BCUT2D eigenvalue weighted by atomic mass is 10.0. The summed E-state index contributed by atoms with van der Waals surface area (Å²) in [5, 5.41) is 7.78. The Balaban J connectivity index is 1.41. The smallest absolute Gasteiger partial charge is 0.194 e. The summed E-state index contributed by atoms with van der Waals surface area (Å²) in [6.45, 7) is 5.96. The van der Waals surface area contributed by atoms with Gasteiger partial charge in [-0.2, -0.15) is 5.10 Å². The van der Waals surface area contributed by atoms with Crippen LogP contribution < -0.4 is 14.8 Å². The predicted molar refractivity (Wildman–Crippen MR) is 131 cm³/mol. The number of methoxy groups -OCH3 is 1. The van der Waals surface area contributed by atoms with Crippen LogP contribution in [0, 0.1) is 0 Å². The number of aliphatic imine (C=N–C) groups is 1. The number of ether oxygens (including phenoxy) is 2. The zero-order chi connectivity index (χ0) is 23.0. The third kappa shape index (κ3) is 5.86. The maximum absolute atomic E-state index is 5.98. The Labute approximate surface area is 196 Å². The van der Waals surface area contributed by atoms with Crippen LogP contribution in [0.3, 0.4) is 0 Å². The van der Waals surface area contributed by atoms with E-state index >= 15 is 0 Å². The Morgan fingerprint density at radius 1 is 1.15 bits per heavy atom. The van der Waals surface area contributed by atoms with E-state index in [1.54, 1.807) is 7.11 Å². The first-order chi connectivity index (χ1) is 16.2. The molecule has 0 aliphatic carbocycles. The first kappa shape index (κ1) is 22.7. The number of rotatable bonds is 8. The van der Waals surface area contributed by atoms with E-state index in [-0.39, 0.29) is 0 Å². The van der Waals surface area contributed by atoms with Gasteiger partial charge >= 0.3 is 0 Å². The maximum Gasteiger partial charge on any atom is 0.194 e. The minimum Gasteiger partial charge on any atom is -0.493 e. The van der Waals surface area contributed by atoms with E-state index in [1.807, 2.05) is 48.3 Å². The van der Waals surface area contributed by atoms with E-state index in [9.17, 15) is 0 Å². The van der Waals surface area contributed by atoms with Crippen molar-refractivity contribution in [3.8, 4) is 11.5 Å². The Morgan fingerprint density at radius 2 is 2.00 bits per heavy atom. The van der Waals surface area contributed by atoms with E-state index in [1.165, 1.54) is 5.56 Å². The lowest BCUT2D eigenvalue weighted by Crippen LogP contribution is -2.40. The van der Waals surface area contributed by atoms with Crippen LogP contribution in [0.5, 0.6) is 11.5 Å². The van der Waals surface area contributed by atoms with Gasteiger partial charge in [0.1, 0.15) is 6.61 Å². The normalized spacial score (nSPS) is 16.2. The van der Waals surface area contributed by atoms with Crippen molar-refractivity contribution >= 4 is 5.96 Å². The van der Waals surface area contributed by atoms with Crippen molar-refractivity contribution in [2.24, 2.45) is 12.0 Å². The largest absolute Gasteiger partial charge is 0.493 e. The van der Waals surface area contributed by atoms with Crippen LogP contribution in [0.2, 0.25) is 0 Å². The van der Waals surface area contributed by atoms with Gasteiger partial charge in [-0.25, -0.2) is 4.99 Å². The van der Waals surface area contributed by atoms with Gasteiger partial charge in [0, 0.05) is 38.8 Å². The number of hydrogen-bond donors (Lipinski definition) is 1. The number of aryl methyl sites for hydroxylation is 1. The maximum atomic E-state index is 5.98. The van der Waals surface area contributed by atoms with E-state index in [2.05, 4.69) is 46.6 Å². The average Bonchev–Trinajstić information content (AvgIpc) is 3.50. The molecule has 33 heavy (non-hydrogen) atoms. The molecule has 174 valence electrons. The molecule has 1 N–H and O–H groups in total. The van der Waals surface area contributed by atoms with Gasteiger partial charge in [0.15, 0.2) is 17.5 Å². The fourth-order valence-electron chi connectivity index (χ4n) is 4.13. The topological polar surface area (TPSA) is 63.9 Å². The lowest BCUT2D eigenvalue weighted by molar-refractivity contribution is 0.284. The van der Waals surface area contributed by atoms with Crippen molar-refractivity contribution in [3.05, 3.63) is 77.6 Å². The van der Waals surface area contributed by atoms with Crippen LogP contribution in [0.1, 0.15) is 36.0 Å². The molecule has 0 bridgehead atoms. The fourth-order valence-corrected chi connectivity index (χ4v) is 4.13. The Kier molecular flexibility index (Phi) is 7.50. The molecule has 1 aliphatic heterocycles. The molecular weight excluding hydrogens is 414 g/mol. The van der Waals surface area contributed by atoms with Gasteiger partial charge in [-0.1, -0.05) is 36.4 Å². The van der Waals surface area contributed by atoms with Crippen molar-refractivity contribution in [2.45, 2.75) is 32.4 Å². The lowest BCUT2D eigenvalue weighted by Gasteiger charge is -2.21. The molecule has 3 aromatic rings. The average molecular weight is 448 g/mol. The minimum absolute atomic E-state index is 0.490. The summed E-state index contributed by atoms with van der Waals surface area (Å²) in [5.74, 6) is 2.90. The molecule has 2 heterocycles. The van der Waals surface area contributed by atoms with E-state index in [4.69, 9.17) is 14.5 Å². The number of nitrogens with zero attached hydrogens (tertiary/aromatic N) is 4. The van der Waals surface area contributed by atoms with Crippen LogP contribution in [0.25, 0.3) is 0 Å².